The van der Waals surface area contributed by atoms with Gasteiger partial charge in [0.2, 0.25) is 0 Å². The standard InChI is InChI=1S/C26H36N2O4/c1-8-10-20(11-9-2)18(3)23-15-13-21(28(23)25(30)32-26(4,5)6)16-19-12-14-22(27-17-19)24(29)31-7/h8-12,14,17-18,21,23H,1,13,15-16H2,2-7H3/b11-9-,20-10+/t18?,21-,23+/m0/s1. The van der Waals surface area contributed by atoms with Crippen molar-refractivity contribution >= 4 is 12.1 Å². The van der Waals surface area contributed by atoms with Crippen molar-refractivity contribution in [1.82, 2.24) is 9.88 Å². The normalized spacial score (nSPS) is 20.3. The number of aromatic nitrogens is 1. The Labute approximate surface area is 192 Å². The Morgan fingerprint density at radius 1 is 1.31 bits per heavy atom. The van der Waals surface area contributed by atoms with Crippen LogP contribution < -0.4 is 0 Å². The molecule has 1 aliphatic rings. The second-order valence-electron chi connectivity index (χ2n) is 9.12. The van der Waals surface area contributed by atoms with Gasteiger partial charge in [-0.25, -0.2) is 14.6 Å². The summed E-state index contributed by atoms with van der Waals surface area (Å²) in [6.07, 6.45) is 11.6. The highest BCUT2D eigenvalue weighted by molar-refractivity contribution is 5.87. The van der Waals surface area contributed by atoms with Crippen LogP contribution in [0, 0.1) is 5.92 Å². The Bertz CT molecular complexity index is 865. The van der Waals surface area contributed by atoms with Gasteiger partial charge in [-0.3, -0.25) is 0 Å². The fourth-order valence-electron chi connectivity index (χ4n) is 4.15. The number of carbonyl (C=O) groups excluding carboxylic acids is 2. The summed E-state index contributed by atoms with van der Waals surface area (Å²) in [5.74, 6) is -0.339. The number of carbonyl (C=O) groups is 2. The number of methoxy groups -OCH3 is 1. The predicted molar refractivity (Wildman–Crippen MR) is 126 cm³/mol. The third kappa shape index (κ3) is 6.55. The molecule has 174 valence electrons. The number of nitrogens with zero attached hydrogens (tertiary/aromatic N) is 2. The van der Waals surface area contributed by atoms with Gasteiger partial charge in [0.05, 0.1) is 7.11 Å². The molecule has 0 saturated carbocycles. The first-order chi connectivity index (χ1) is 15.1. The molecule has 0 aliphatic carbocycles. The molecule has 1 aromatic rings. The smallest absolute Gasteiger partial charge is 0.410 e. The van der Waals surface area contributed by atoms with Crippen LogP contribution in [0.15, 0.2) is 54.8 Å². The maximum atomic E-state index is 13.3. The highest BCUT2D eigenvalue weighted by atomic mass is 16.6. The molecule has 1 aromatic heterocycles. The SMILES string of the molecule is C=C/C=C(\C=C/C)C(C)[C@H]1CC[C@@H](Cc2ccc(C(=O)OC)nc2)N1C(=O)OC(C)(C)C. The molecule has 0 bridgehead atoms. The number of esters is 1. The van der Waals surface area contributed by atoms with E-state index in [2.05, 4.69) is 24.6 Å². The molecule has 32 heavy (non-hydrogen) atoms. The molecule has 0 aromatic carbocycles. The minimum atomic E-state index is -0.579. The minimum Gasteiger partial charge on any atom is -0.464 e. The summed E-state index contributed by atoms with van der Waals surface area (Å²) in [7, 11) is 1.33. The number of rotatable bonds is 7. The van der Waals surface area contributed by atoms with Crippen LogP contribution in [0.1, 0.15) is 63.5 Å². The Kier molecular flexibility index (Phi) is 8.81. The fourth-order valence-corrected chi connectivity index (χ4v) is 4.15. The molecule has 6 nitrogen and oxygen atoms in total. The van der Waals surface area contributed by atoms with Gasteiger partial charge in [0.1, 0.15) is 11.3 Å². The van der Waals surface area contributed by atoms with Crippen LogP contribution in [0.4, 0.5) is 4.79 Å². The zero-order chi connectivity index (χ0) is 23.9. The molecular formula is C26H36N2O4. The van der Waals surface area contributed by atoms with Crippen LogP contribution in [0.3, 0.4) is 0 Å². The van der Waals surface area contributed by atoms with Gasteiger partial charge >= 0.3 is 12.1 Å². The Morgan fingerprint density at radius 3 is 2.56 bits per heavy atom. The Hall–Kier alpha value is -2.89. The van der Waals surface area contributed by atoms with E-state index in [4.69, 9.17) is 9.47 Å². The summed E-state index contributed by atoms with van der Waals surface area (Å²) in [5.41, 5.74) is 1.78. The molecule has 6 heteroatoms. The van der Waals surface area contributed by atoms with E-state index in [0.717, 1.165) is 24.0 Å². The predicted octanol–water partition coefficient (Wildman–Crippen LogP) is 5.50. The van der Waals surface area contributed by atoms with E-state index in [-0.39, 0.29) is 29.8 Å². The van der Waals surface area contributed by atoms with Gasteiger partial charge in [-0.1, -0.05) is 43.9 Å². The van der Waals surface area contributed by atoms with Crippen molar-refractivity contribution in [3.63, 3.8) is 0 Å². The molecule has 2 heterocycles. The van der Waals surface area contributed by atoms with Gasteiger partial charge < -0.3 is 14.4 Å². The molecule has 0 radical (unpaired) electrons. The zero-order valence-corrected chi connectivity index (χ0v) is 20.1. The highest BCUT2D eigenvalue weighted by Gasteiger charge is 2.42. The average molecular weight is 441 g/mol. The second-order valence-corrected chi connectivity index (χ2v) is 9.12. The van der Waals surface area contributed by atoms with Crippen LogP contribution in [0.5, 0.6) is 0 Å². The van der Waals surface area contributed by atoms with E-state index >= 15 is 0 Å². The van der Waals surface area contributed by atoms with Gasteiger partial charge in [-0.2, -0.15) is 0 Å². The lowest BCUT2D eigenvalue weighted by Crippen LogP contribution is -2.47. The first-order valence-electron chi connectivity index (χ1n) is 11.1. The van der Waals surface area contributed by atoms with Crippen molar-refractivity contribution in [2.24, 2.45) is 5.92 Å². The van der Waals surface area contributed by atoms with E-state index < -0.39 is 11.6 Å². The quantitative estimate of drug-likeness (QED) is 0.413. The largest absolute Gasteiger partial charge is 0.464 e. The maximum Gasteiger partial charge on any atom is 0.410 e. The van der Waals surface area contributed by atoms with Crippen LogP contribution in [0.2, 0.25) is 0 Å². The van der Waals surface area contributed by atoms with Crippen LogP contribution >= 0.6 is 0 Å². The average Bonchev–Trinajstić information content (AvgIpc) is 3.15. The van der Waals surface area contributed by atoms with Crippen molar-refractivity contribution in [3.05, 3.63) is 66.0 Å². The van der Waals surface area contributed by atoms with E-state index in [1.54, 1.807) is 18.3 Å². The first kappa shape index (κ1) is 25.4. The Morgan fingerprint density at radius 2 is 2.03 bits per heavy atom. The monoisotopic (exact) mass is 440 g/mol. The first-order valence-corrected chi connectivity index (χ1v) is 11.1. The van der Waals surface area contributed by atoms with E-state index in [1.807, 2.05) is 50.8 Å². The topological polar surface area (TPSA) is 68.7 Å². The summed E-state index contributed by atoms with van der Waals surface area (Å²) in [4.78, 5) is 31.0. The van der Waals surface area contributed by atoms with Crippen LogP contribution in [-0.2, 0) is 15.9 Å². The minimum absolute atomic E-state index is 0.0135. The van der Waals surface area contributed by atoms with Gasteiger partial charge in [-0.15, -0.1) is 0 Å². The molecule has 1 amide bonds. The van der Waals surface area contributed by atoms with Crippen molar-refractivity contribution < 1.29 is 19.1 Å². The van der Waals surface area contributed by atoms with E-state index in [9.17, 15) is 9.59 Å². The lowest BCUT2D eigenvalue weighted by molar-refractivity contribution is 0.0113. The Balaban J connectivity index is 2.31. The van der Waals surface area contributed by atoms with Gasteiger partial charge in [0.25, 0.3) is 0 Å². The van der Waals surface area contributed by atoms with Gasteiger partial charge in [0.15, 0.2) is 0 Å². The summed E-state index contributed by atoms with van der Waals surface area (Å²) in [5, 5.41) is 0. The van der Waals surface area contributed by atoms with Crippen molar-refractivity contribution in [2.45, 2.75) is 71.6 Å². The lowest BCUT2D eigenvalue weighted by atomic mass is 9.90. The van der Waals surface area contributed by atoms with Crippen LogP contribution in [-0.4, -0.2) is 46.7 Å². The summed E-state index contributed by atoms with van der Waals surface area (Å²) in [6, 6.07) is 3.52. The number of allylic oxidation sites excluding steroid dienone is 4. The van der Waals surface area contributed by atoms with E-state index in [1.165, 1.54) is 7.11 Å². The molecular weight excluding hydrogens is 404 g/mol. The zero-order valence-electron chi connectivity index (χ0n) is 20.1. The summed E-state index contributed by atoms with van der Waals surface area (Å²) >= 11 is 0. The number of hydrogen-bond acceptors (Lipinski definition) is 5. The number of pyridine rings is 1. The highest BCUT2D eigenvalue weighted by Crippen LogP contribution is 2.35. The molecule has 0 spiro atoms. The fraction of sp³-hybridized carbons (Fsp3) is 0.500. The summed E-state index contributed by atoms with van der Waals surface area (Å²) in [6.45, 7) is 13.6. The molecule has 2 rings (SSSR count). The maximum absolute atomic E-state index is 13.3. The second kappa shape index (κ2) is 11.1. The van der Waals surface area contributed by atoms with E-state index in [0.29, 0.717) is 6.42 Å². The third-order valence-electron chi connectivity index (χ3n) is 5.61. The summed E-state index contributed by atoms with van der Waals surface area (Å²) < 4.78 is 10.5. The third-order valence-corrected chi connectivity index (χ3v) is 5.61. The number of ether oxygens (including phenoxy) is 2. The van der Waals surface area contributed by atoms with Crippen molar-refractivity contribution in [2.75, 3.05) is 7.11 Å². The van der Waals surface area contributed by atoms with Crippen molar-refractivity contribution in [1.29, 1.82) is 0 Å². The number of amides is 1. The van der Waals surface area contributed by atoms with Gasteiger partial charge in [-0.05, 0) is 64.2 Å². The molecule has 0 N–H and O–H groups in total. The number of likely N-dealkylation sites (tertiary alicyclic amines) is 1. The van der Waals surface area contributed by atoms with Crippen molar-refractivity contribution in [3.8, 4) is 0 Å². The van der Waals surface area contributed by atoms with Crippen LogP contribution in [0.25, 0.3) is 0 Å². The molecule has 1 unspecified atom stereocenters. The molecule has 3 atom stereocenters. The lowest BCUT2D eigenvalue weighted by Gasteiger charge is -2.35. The van der Waals surface area contributed by atoms with Gasteiger partial charge in [0, 0.05) is 24.2 Å². The molecule has 1 aliphatic heterocycles. The number of hydrogen-bond donors (Lipinski definition) is 0. The molecule has 1 saturated heterocycles. The molecule has 1 fully saturated rings.